The highest BCUT2D eigenvalue weighted by molar-refractivity contribution is 7.10. The van der Waals surface area contributed by atoms with Crippen LogP contribution in [0.1, 0.15) is 41.6 Å². The van der Waals surface area contributed by atoms with E-state index in [9.17, 15) is 0 Å². The fourth-order valence-electron chi connectivity index (χ4n) is 1.52. The Morgan fingerprint density at radius 1 is 1.33 bits per heavy atom. The third kappa shape index (κ3) is 3.06. The predicted octanol–water partition coefficient (Wildman–Crippen LogP) is 4.31. The largest absolute Gasteiger partial charge is 0.241 e. The van der Waals surface area contributed by atoms with Gasteiger partial charge < -0.3 is 0 Å². The number of aromatic nitrogens is 1. The van der Waals surface area contributed by atoms with Gasteiger partial charge in [-0.3, -0.25) is 0 Å². The quantitative estimate of drug-likeness (QED) is 0.818. The number of benzene rings is 1. The molecule has 0 aliphatic heterocycles. The Labute approximate surface area is 111 Å². The standard InChI is InChI=1S/C15H14N2S/c1-11(2)14-10-18-15(17-14)7-6-12-4-3-5-13(8-12)9-16/h3-8,10-11H,1-2H3/b7-6+. The van der Waals surface area contributed by atoms with E-state index in [0.717, 1.165) is 16.3 Å². The fraction of sp³-hybridized carbons (Fsp3) is 0.200. The van der Waals surface area contributed by atoms with E-state index in [0.29, 0.717) is 11.5 Å². The Morgan fingerprint density at radius 2 is 2.17 bits per heavy atom. The van der Waals surface area contributed by atoms with Crippen molar-refractivity contribution in [2.24, 2.45) is 0 Å². The van der Waals surface area contributed by atoms with Crippen LogP contribution in [0, 0.1) is 11.3 Å². The monoisotopic (exact) mass is 254 g/mol. The van der Waals surface area contributed by atoms with Crippen LogP contribution in [0.3, 0.4) is 0 Å². The molecule has 2 aromatic rings. The van der Waals surface area contributed by atoms with Crippen LogP contribution in [0.25, 0.3) is 12.2 Å². The highest BCUT2D eigenvalue weighted by Crippen LogP contribution is 2.19. The van der Waals surface area contributed by atoms with Gasteiger partial charge in [-0.15, -0.1) is 11.3 Å². The summed E-state index contributed by atoms with van der Waals surface area (Å²) < 4.78 is 0. The molecule has 2 rings (SSSR count). The minimum atomic E-state index is 0.463. The molecule has 2 nitrogen and oxygen atoms in total. The van der Waals surface area contributed by atoms with E-state index in [4.69, 9.17) is 5.26 Å². The lowest BCUT2D eigenvalue weighted by Gasteiger charge is -1.96. The SMILES string of the molecule is CC(C)c1csc(/C=C/c2cccc(C#N)c2)n1. The Hall–Kier alpha value is -1.92. The minimum Gasteiger partial charge on any atom is -0.241 e. The number of hydrogen-bond donors (Lipinski definition) is 0. The second-order valence-corrected chi connectivity index (χ2v) is 5.23. The summed E-state index contributed by atoms with van der Waals surface area (Å²) in [6.45, 7) is 4.28. The Morgan fingerprint density at radius 3 is 2.83 bits per heavy atom. The summed E-state index contributed by atoms with van der Waals surface area (Å²) in [6.07, 6.45) is 3.98. The predicted molar refractivity (Wildman–Crippen MR) is 76.3 cm³/mol. The molecule has 0 atom stereocenters. The van der Waals surface area contributed by atoms with Crippen LogP contribution < -0.4 is 0 Å². The zero-order chi connectivity index (χ0) is 13.0. The van der Waals surface area contributed by atoms with Crippen molar-refractivity contribution in [3.8, 4) is 6.07 Å². The van der Waals surface area contributed by atoms with E-state index in [1.807, 2.05) is 30.4 Å². The first kappa shape index (κ1) is 12.5. The van der Waals surface area contributed by atoms with Crippen LogP contribution in [-0.2, 0) is 0 Å². The van der Waals surface area contributed by atoms with Gasteiger partial charge >= 0.3 is 0 Å². The van der Waals surface area contributed by atoms with Crippen molar-refractivity contribution in [2.75, 3.05) is 0 Å². The Kier molecular flexibility index (Phi) is 3.91. The van der Waals surface area contributed by atoms with Gasteiger partial charge in [-0.25, -0.2) is 4.98 Å². The number of nitriles is 1. The van der Waals surface area contributed by atoms with Gasteiger partial charge in [-0.2, -0.15) is 5.26 Å². The molecule has 1 aromatic heterocycles. The molecule has 0 aliphatic carbocycles. The van der Waals surface area contributed by atoms with Crippen LogP contribution in [-0.4, -0.2) is 4.98 Å². The van der Waals surface area contributed by atoms with Gasteiger partial charge in [0.1, 0.15) is 5.01 Å². The van der Waals surface area contributed by atoms with Crippen LogP contribution in [0.2, 0.25) is 0 Å². The molecule has 0 bridgehead atoms. The van der Waals surface area contributed by atoms with Gasteiger partial charge in [0.2, 0.25) is 0 Å². The molecule has 1 aromatic carbocycles. The van der Waals surface area contributed by atoms with Crippen molar-refractivity contribution in [3.63, 3.8) is 0 Å². The van der Waals surface area contributed by atoms with Crippen LogP contribution in [0.4, 0.5) is 0 Å². The van der Waals surface area contributed by atoms with Gasteiger partial charge in [0.25, 0.3) is 0 Å². The number of hydrogen-bond acceptors (Lipinski definition) is 3. The van der Waals surface area contributed by atoms with Crippen LogP contribution in [0.15, 0.2) is 29.6 Å². The second kappa shape index (κ2) is 5.61. The molecule has 90 valence electrons. The van der Waals surface area contributed by atoms with Crippen molar-refractivity contribution >= 4 is 23.5 Å². The molecule has 0 spiro atoms. The van der Waals surface area contributed by atoms with E-state index in [1.165, 1.54) is 0 Å². The van der Waals surface area contributed by atoms with Crippen molar-refractivity contribution in [3.05, 3.63) is 51.5 Å². The Balaban J connectivity index is 2.17. The van der Waals surface area contributed by atoms with Crippen LogP contribution in [0.5, 0.6) is 0 Å². The number of thiazole rings is 1. The van der Waals surface area contributed by atoms with E-state index >= 15 is 0 Å². The summed E-state index contributed by atoms with van der Waals surface area (Å²) >= 11 is 1.64. The molecular formula is C15H14N2S. The molecule has 1 heterocycles. The van der Waals surface area contributed by atoms with Crippen molar-refractivity contribution < 1.29 is 0 Å². The first-order chi connectivity index (χ1) is 8.69. The maximum absolute atomic E-state index is 8.83. The zero-order valence-electron chi connectivity index (χ0n) is 10.4. The molecule has 0 saturated carbocycles. The van der Waals surface area contributed by atoms with Gasteiger partial charge in [0.15, 0.2) is 0 Å². The van der Waals surface area contributed by atoms with Crippen LogP contribution >= 0.6 is 11.3 Å². The molecule has 0 aliphatic rings. The highest BCUT2D eigenvalue weighted by atomic mass is 32.1. The molecule has 0 N–H and O–H groups in total. The Bertz CT molecular complexity index is 603. The summed E-state index contributed by atoms with van der Waals surface area (Å²) in [4.78, 5) is 4.53. The molecule has 0 radical (unpaired) electrons. The normalized spacial score (nSPS) is 11.0. The van der Waals surface area contributed by atoms with Gasteiger partial charge in [-0.05, 0) is 29.7 Å². The summed E-state index contributed by atoms with van der Waals surface area (Å²) in [5, 5.41) is 11.9. The lowest BCUT2D eigenvalue weighted by Crippen LogP contribution is -1.85. The van der Waals surface area contributed by atoms with E-state index < -0.39 is 0 Å². The van der Waals surface area contributed by atoms with Gasteiger partial charge in [0.05, 0.1) is 17.3 Å². The maximum atomic E-state index is 8.83. The van der Waals surface area contributed by atoms with Gasteiger partial charge in [-0.1, -0.05) is 32.1 Å². The fourth-order valence-corrected chi connectivity index (χ4v) is 2.39. The third-order valence-corrected chi connectivity index (χ3v) is 3.39. The molecule has 18 heavy (non-hydrogen) atoms. The first-order valence-electron chi connectivity index (χ1n) is 5.82. The number of rotatable bonds is 3. The average molecular weight is 254 g/mol. The van der Waals surface area contributed by atoms with E-state index in [-0.39, 0.29) is 0 Å². The van der Waals surface area contributed by atoms with Crippen molar-refractivity contribution in [1.29, 1.82) is 5.26 Å². The van der Waals surface area contributed by atoms with E-state index in [1.54, 1.807) is 17.4 Å². The maximum Gasteiger partial charge on any atom is 0.116 e. The minimum absolute atomic E-state index is 0.463. The molecule has 0 unspecified atom stereocenters. The molecule has 0 amide bonds. The average Bonchev–Trinajstić information content (AvgIpc) is 2.85. The first-order valence-corrected chi connectivity index (χ1v) is 6.70. The highest BCUT2D eigenvalue weighted by Gasteiger charge is 2.02. The smallest absolute Gasteiger partial charge is 0.116 e. The molecule has 0 saturated heterocycles. The number of nitrogens with zero attached hydrogens (tertiary/aromatic N) is 2. The second-order valence-electron chi connectivity index (χ2n) is 4.34. The molecular weight excluding hydrogens is 240 g/mol. The topological polar surface area (TPSA) is 36.7 Å². The third-order valence-electron chi connectivity index (χ3n) is 2.57. The summed E-state index contributed by atoms with van der Waals surface area (Å²) in [5.41, 5.74) is 2.83. The van der Waals surface area contributed by atoms with E-state index in [2.05, 4.69) is 30.3 Å². The van der Waals surface area contributed by atoms with Crippen molar-refractivity contribution in [2.45, 2.75) is 19.8 Å². The summed E-state index contributed by atoms with van der Waals surface area (Å²) in [5.74, 6) is 0.463. The summed E-state index contributed by atoms with van der Waals surface area (Å²) in [6, 6.07) is 9.68. The van der Waals surface area contributed by atoms with Crippen molar-refractivity contribution in [1.82, 2.24) is 4.98 Å². The zero-order valence-corrected chi connectivity index (χ0v) is 11.2. The lowest BCUT2D eigenvalue weighted by molar-refractivity contribution is 0.832. The molecule has 0 fully saturated rings. The summed E-state index contributed by atoms with van der Waals surface area (Å²) in [7, 11) is 0. The van der Waals surface area contributed by atoms with Gasteiger partial charge in [0, 0.05) is 5.38 Å². The lowest BCUT2D eigenvalue weighted by atomic mass is 10.1. The molecule has 3 heteroatoms.